The normalized spacial score (nSPS) is 29.4. The third-order valence-corrected chi connectivity index (χ3v) is 5.85. The predicted molar refractivity (Wildman–Crippen MR) is 100 cm³/mol. The first-order chi connectivity index (χ1) is 12.0. The van der Waals surface area contributed by atoms with Gasteiger partial charge < -0.3 is 10.4 Å². The number of carbonyl (C=O) groups excluding carboxylic acids is 1. The number of aliphatic hydroxyl groups excluding tert-OH is 1. The number of benzene rings is 1. The molecule has 0 radical (unpaired) electrons. The van der Waals surface area contributed by atoms with E-state index in [0.29, 0.717) is 11.8 Å². The van der Waals surface area contributed by atoms with Gasteiger partial charge in [-0.05, 0) is 48.6 Å². The van der Waals surface area contributed by atoms with Crippen LogP contribution in [0.25, 0.3) is 0 Å². The summed E-state index contributed by atoms with van der Waals surface area (Å²) in [6.45, 7) is 6.89. The molecule has 0 unspecified atom stereocenters. The van der Waals surface area contributed by atoms with Crippen LogP contribution in [0.1, 0.15) is 50.7 Å². The van der Waals surface area contributed by atoms with Gasteiger partial charge in [0.1, 0.15) is 0 Å². The molecule has 1 aromatic rings. The number of nitrogens with one attached hydrogen (secondary N) is 1. The summed E-state index contributed by atoms with van der Waals surface area (Å²) in [5.74, 6) is 1.11. The molecule has 3 rings (SSSR count). The van der Waals surface area contributed by atoms with Crippen molar-refractivity contribution in [3.8, 4) is 0 Å². The second-order valence-corrected chi connectivity index (χ2v) is 7.98. The van der Waals surface area contributed by atoms with Crippen LogP contribution >= 0.6 is 0 Å². The van der Waals surface area contributed by atoms with Crippen molar-refractivity contribution in [2.45, 2.75) is 64.6 Å². The minimum Gasteiger partial charge on any atom is -0.391 e. The van der Waals surface area contributed by atoms with E-state index in [4.69, 9.17) is 0 Å². The molecular formula is C21H32N2O2. The van der Waals surface area contributed by atoms with Crippen LogP contribution in [-0.2, 0) is 17.8 Å². The lowest BCUT2D eigenvalue weighted by Crippen LogP contribution is -2.48. The molecule has 2 fully saturated rings. The number of hydrogen-bond acceptors (Lipinski definition) is 3. The molecule has 138 valence electrons. The molecule has 4 atom stereocenters. The number of carbonyl (C=O) groups is 1. The lowest BCUT2D eigenvalue weighted by atomic mass is 9.77. The Morgan fingerprint density at radius 2 is 1.80 bits per heavy atom. The van der Waals surface area contributed by atoms with Crippen LogP contribution < -0.4 is 5.32 Å². The molecule has 0 spiro atoms. The van der Waals surface area contributed by atoms with Crippen molar-refractivity contribution in [1.29, 1.82) is 0 Å². The molecule has 4 nitrogen and oxygen atoms in total. The summed E-state index contributed by atoms with van der Waals surface area (Å²) in [6.07, 6.45) is 4.98. The Morgan fingerprint density at radius 1 is 1.16 bits per heavy atom. The van der Waals surface area contributed by atoms with E-state index in [1.165, 1.54) is 37.3 Å². The Bertz CT molecular complexity index is 572. The average molecular weight is 344 g/mol. The summed E-state index contributed by atoms with van der Waals surface area (Å²) in [6, 6.07) is 9.00. The monoisotopic (exact) mass is 344 g/mol. The van der Waals surface area contributed by atoms with Crippen molar-refractivity contribution < 1.29 is 9.90 Å². The van der Waals surface area contributed by atoms with Crippen molar-refractivity contribution in [3.05, 3.63) is 35.4 Å². The fourth-order valence-electron chi connectivity index (χ4n) is 4.52. The number of nitrogens with zero attached hydrogens (tertiary/aromatic N) is 1. The minimum atomic E-state index is -0.400. The van der Waals surface area contributed by atoms with Crippen LogP contribution in [0.2, 0.25) is 0 Å². The molecule has 1 saturated carbocycles. The van der Waals surface area contributed by atoms with Crippen LogP contribution in [0.15, 0.2) is 24.3 Å². The fraction of sp³-hybridized carbons (Fsp3) is 0.667. The molecule has 1 heterocycles. The van der Waals surface area contributed by atoms with Crippen molar-refractivity contribution in [1.82, 2.24) is 10.2 Å². The topological polar surface area (TPSA) is 52.6 Å². The molecule has 1 aliphatic heterocycles. The summed E-state index contributed by atoms with van der Waals surface area (Å²) in [4.78, 5) is 13.8. The van der Waals surface area contributed by atoms with Crippen molar-refractivity contribution in [3.63, 3.8) is 0 Å². The number of unbranched alkanes of at least 4 members (excludes halogenated alkanes) is 1. The van der Waals surface area contributed by atoms with E-state index in [2.05, 4.69) is 41.4 Å². The molecule has 2 aliphatic rings. The number of rotatable bonds is 6. The first-order valence-electron chi connectivity index (χ1n) is 9.80. The number of aryl methyl sites for hydroxylation is 1. The maximum absolute atomic E-state index is 11.3. The van der Waals surface area contributed by atoms with E-state index >= 15 is 0 Å². The Kier molecular flexibility index (Phi) is 6.13. The third kappa shape index (κ3) is 4.83. The largest absolute Gasteiger partial charge is 0.391 e. The van der Waals surface area contributed by atoms with Gasteiger partial charge in [0.15, 0.2) is 0 Å². The predicted octanol–water partition coefficient (Wildman–Crippen LogP) is 2.74. The molecule has 2 N–H and O–H groups in total. The second kappa shape index (κ2) is 8.33. The summed E-state index contributed by atoms with van der Waals surface area (Å²) in [5.41, 5.74) is 2.81. The Hall–Kier alpha value is -1.39. The van der Waals surface area contributed by atoms with Crippen molar-refractivity contribution in [2.75, 3.05) is 13.1 Å². The molecule has 4 heteroatoms. The third-order valence-electron chi connectivity index (χ3n) is 5.85. The highest BCUT2D eigenvalue weighted by molar-refractivity contribution is 5.73. The first kappa shape index (κ1) is 18.4. The van der Waals surface area contributed by atoms with E-state index in [1.807, 2.05) is 0 Å². The zero-order chi connectivity index (χ0) is 17.8. The quantitative estimate of drug-likeness (QED) is 0.834. The van der Waals surface area contributed by atoms with Crippen LogP contribution in [0.5, 0.6) is 0 Å². The van der Waals surface area contributed by atoms with Crippen LogP contribution in [-0.4, -0.2) is 41.1 Å². The lowest BCUT2D eigenvalue weighted by molar-refractivity contribution is -0.121. The molecule has 0 aromatic heterocycles. The number of fused-ring (bicyclic) bond motifs is 1. The van der Waals surface area contributed by atoms with Crippen molar-refractivity contribution in [2.24, 2.45) is 11.8 Å². The molecule has 1 aliphatic carbocycles. The van der Waals surface area contributed by atoms with Gasteiger partial charge in [0.2, 0.25) is 5.91 Å². The molecule has 25 heavy (non-hydrogen) atoms. The summed E-state index contributed by atoms with van der Waals surface area (Å²) in [7, 11) is 0. The summed E-state index contributed by atoms with van der Waals surface area (Å²) in [5, 5.41) is 13.2. The number of amides is 1. The molecular weight excluding hydrogens is 312 g/mol. The van der Waals surface area contributed by atoms with Gasteiger partial charge >= 0.3 is 0 Å². The van der Waals surface area contributed by atoms with Gasteiger partial charge in [0, 0.05) is 26.6 Å². The highest BCUT2D eigenvalue weighted by Gasteiger charge is 2.41. The van der Waals surface area contributed by atoms with E-state index in [-0.39, 0.29) is 11.9 Å². The SMILES string of the molecule is CCCCc1ccc(CN2C[C@H]3C[C@@H](NC(C)=O)[C@H](O)C[C@H]3C2)cc1. The van der Waals surface area contributed by atoms with Crippen LogP contribution in [0.3, 0.4) is 0 Å². The first-order valence-corrected chi connectivity index (χ1v) is 9.80. The van der Waals surface area contributed by atoms with Gasteiger partial charge in [-0.1, -0.05) is 37.6 Å². The highest BCUT2D eigenvalue weighted by atomic mass is 16.3. The van der Waals surface area contributed by atoms with Gasteiger partial charge in [-0.15, -0.1) is 0 Å². The molecule has 0 bridgehead atoms. The van der Waals surface area contributed by atoms with Crippen LogP contribution in [0.4, 0.5) is 0 Å². The second-order valence-electron chi connectivity index (χ2n) is 7.98. The van der Waals surface area contributed by atoms with Gasteiger partial charge in [-0.3, -0.25) is 9.69 Å². The van der Waals surface area contributed by atoms with E-state index < -0.39 is 6.10 Å². The van der Waals surface area contributed by atoms with Crippen molar-refractivity contribution >= 4 is 5.91 Å². The zero-order valence-electron chi connectivity index (χ0n) is 15.6. The van der Waals surface area contributed by atoms with Gasteiger partial charge in [0.25, 0.3) is 0 Å². The maximum Gasteiger partial charge on any atom is 0.217 e. The Balaban J connectivity index is 1.53. The minimum absolute atomic E-state index is 0.0412. The number of likely N-dealkylation sites (tertiary alicyclic amines) is 1. The standard InChI is InChI=1S/C21H32N2O2/c1-3-4-5-16-6-8-17(9-7-16)12-23-13-18-10-20(22-15(2)24)21(25)11-19(18)14-23/h6-9,18-21,25H,3-5,10-14H2,1-2H3,(H,22,24)/t18-,19+,20-,21-/m1/s1. The van der Waals surface area contributed by atoms with E-state index in [0.717, 1.165) is 32.5 Å². The van der Waals surface area contributed by atoms with Crippen LogP contribution in [0, 0.1) is 11.8 Å². The summed E-state index contributed by atoms with van der Waals surface area (Å²) < 4.78 is 0. The smallest absolute Gasteiger partial charge is 0.217 e. The molecule has 1 saturated heterocycles. The maximum atomic E-state index is 11.3. The van der Waals surface area contributed by atoms with E-state index in [9.17, 15) is 9.90 Å². The van der Waals surface area contributed by atoms with Gasteiger partial charge in [-0.25, -0.2) is 0 Å². The zero-order valence-corrected chi connectivity index (χ0v) is 15.6. The van der Waals surface area contributed by atoms with Gasteiger partial charge in [-0.2, -0.15) is 0 Å². The molecule has 1 aromatic carbocycles. The summed E-state index contributed by atoms with van der Waals surface area (Å²) >= 11 is 0. The van der Waals surface area contributed by atoms with Gasteiger partial charge in [0.05, 0.1) is 12.1 Å². The number of hydrogen-bond donors (Lipinski definition) is 2. The number of aliphatic hydroxyl groups is 1. The lowest BCUT2D eigenvalue weighted by Gasteiger charge is -2.35. The highest BCUT2D eigenvalue weighted by Crippen LogP contribution is 2.37. The molecule has 1 amide bonds. The Labute approximate surface area is 151 Å². The fourth-order valence-corrected chi connectivity index (χ4v) is 4.52. The average Bonchev–Trinajstić information content (AvgIpc) is 2.95. The Morgan fingerprint density at radius 3 is 2.44 bits per heavy atom. The van der Waals surface area contributed by atoms with E-state index in [1.54, 1.807) is 0 Å².